The van der Waals surface area contributed by atoms with Crippen molar-refractivity contribution in [3.05, 3.63) is 22.4 Å². The van der Waals surface area contributed by atoms with Crippen LogP contribution in [0.5, 0.6) is 0 Å². The highest BCUT2D eigenvalue weighted by atomic mass is 32.1. The number of carbonyl (C=O) groups is 2. The van der Waals surface area contributed by atoms with Crippen LogP contribution in [0.4, 0.5) is 0 Å². The Morgan fingerprint density at radius 3 is 3.05 bits per heavy atom. The summed E-state index contributed by atoms with van der Waals surface area (Å²) in [5.41, 5.74) is 5.34. The zero-order chi connectivity index (χ0) is 14.5. The number of aliphatic hydroxyl groups excluding tert-OH is 1. The Kier molecular flexibility index (Phi) is 5.11. The van der Waals surface area contributed by atoms with E-state index in [4.69, 9.17) is 5.73 Å². The monoisotopic (exact) mass is 297 g/mol. The third-order valence-electron chi connectivity index (χ3n) is 3.44. The quantitative estimate of drug-likeness (QED) is 0.694. The Bertz CT molecular complexity index is 463. The van der Waals surface area contributed by atoms with E-state index in [1.165, 1.54) is 4.90 Å². The summed E-state index contributed by atoms with van der Waals surface area (Å²) in [5, 5.41) is 14.7. The van der Waals surface area contributed by atoms with Crippen molar-refractivity contribution < 1.29 is 14.7 Å². The van der Waals surface area contributed by atoms with Gasteiger partial charge < -0.3 is 21.1 Å². The van der Waals surface area contributed by atoms with Crippen LogP contribution in [0.15, 0.2) is 17.5 Å². The molecule has 110 valence electrons. The lowest BCUT2D eigenvalue weighted by molar-refractivity contribution is -0.138. The summed E-state index contributed by atoms with van der Waals surface area (Å²) in [6.45, 7) is 0.848. The van der Waals surface area contributed by atoms with Gasteiger partial charge >= 0.3 is 0 Å². The summed E-state index contributed by atoms with van der Waals surface area (Å²) in [6.07, 6.45) is 0.207. The molecule has 1 aromatic rings. The van der Waals surface area contributed by atoms with E-state index in [2.05, 4.69) is 5.32 Å². The lowest BCUT2D eigenvalue weighted by Gasteiger charge is -2.27. The molecule has 2 rings (SSSR count). The maximum atomic E-state index is 12.0. The molecule has 4 N–H and O–H groups in total. The Labute approximate surface area is 121 Å². The average molecular weight is 297 g/mol. The first-order valence-electron chi connectivity index (χ1n) is 6.61. The van der Waals surface area contributed by atoms with Gasteiger partial charge in [-0.05, 0) is 24.3 Å². The molecule has 0 saturated carbocycles. The van der Waals surface area contributed by atoms with Crippen molar-refractivity contribution in [1.29, 1.82) is 0 Å². The lowest BCUT2D eigenvalue weighted by atomic mass is 10.1. The van der Waals surface area contributed by atoms with Gasteiger partial charge in [0.1, 0.15) is 0 Å². The van der Waals surface area contributed by atoms with Gasteiger partial charge in [0.15, 0.2) is 6.10 Å². The molecule has 20 heavy (non-hydrogen) atoms. The molecule has 0 aliphatic carbocycles. The van der Waals surface area contributed by atoms with Crippen LogP contribution in [-0.2, 0) is 16.1 Å². The topological polar surface area (TPSA) is 95.7 Å². The number of carbonyl (C=O) groups excluding carboxylic acids is 2. The molecule has 0 radical (unpaired) electrons. The zero-order valence-electron chi connectivity index (χ0n) is 11.1. The number of amides is 2. The van der Waals surface area contributed by atoms with Crippen LogP contribution in [0.2, 0.25) is 0 Å². The third kappa shape index (κ3) is 3.36. The predicted octanol–water partition coefficient (Wildman–Crippen LogP) is -0.325. The van der Waals surface area contributed by atoms with Crippen LogP contribution in [0.1, 0.15) is 17.7 Å². The molecular formula is C13H19N3O3S. The van der Waals surface area contributed by atoms with E-state index < -0.39 is 18.1 Å². The first kappa shape index (κ1) is 15.0. The Balaban J connectivity index is 1.90. The van der Waals surface area contributed by atoms with Crippen LogP contribution in [0.3, 0.4) is 0 Å². The molecule has 1 aliphatic rings. The number of nitrogens with zero attached hydrogens (tertiary/aromatic N) is 1. The molecule has 1 aromatic heterocycles. The normalized spacial score (nSPS) is 19.9. The molecule has 7 heteroatoms. The fourth-order valence-electron chi connectivity index (χ4n) is 2.41. The average Bonchev–Trinajstić information content (AvgIpc) is 3.13. The molecule has 0 aromatic carbocycles. The molecule has 1 saturated heterocycles. The number of hydrogen-bond acceptors (Lipinski definition) is 5. The second-order valence-electron chi connectivity index (χ2n) is 4.74. The van der Waals surface area contributed by atoms with Crippen molar-refractivity contribution in [2.75, 3.05) is 13.1 Å². The molecule has 6 nitrogen and oxygen atoms in total. The number of nitrogens with two attached hydrogens (primary N) is 1. The van der Waals surface area contributed by atoms with Crippen molar-refractivity contribution >= 4 is 23.2 Å². The SMILES string of the molecule is NCC(=O)N1CCCC1C(O)C(=O)NCc1cccs1. The Hall–Kier alpha value is -1.44. The molecule has 2 atom stereocenters. The van der Waals surface area contributed by atoms with Crippen LogP contribution in [-0.4, -0.2) is 47.1 Å². The summed E-state index contributed by atoms with van der Waals surface area (Å²) in [4.78, 5) is 26.1. The Morgan fingerprint density at radius 1 is 1.60 bits per heavy atom. The fourth-order valence-corrected chi connectivity index (χ4v) is 3.06. The van der Waals surface area contributed by atoms with Crippen LogP contribution in [0, 0.1) is 0 Å². The second kappa shape index (κ2) is 6.83. The molecule has 1 fully saturated rings. The first-order chi connectivity index (χ1) is 9.63. The summed E-state index contributed by atoms with van der Waals surface area (Å²) in [6, 6.07) is 3.35. The Morgan fingerprint density at radius 2 is 2.40 bits per heavy atom. The molecular weight excluding hydrogens is 278 g/mol. The summed E-state index contributed by atoms with van der Waals surface area (Å²) in [5.74, 6) is -0.669. The van der Waals surface area contributed by atoms with Gasteiger partial charge in [-0.25, -0.2) is 0 Å². The standard InChI is InChI=1S/C13H19N3O3S/c14-7-11(17)16-5-1-4-10(16)12(18)13(19)15-8-9-3-2-6-20-9/h2-3,6,10,12,18H,1,4-5,7-8,14H2,(H,15,19). The molecule has 2 unspecified atom stereocenters. The van der Waals surface area contributed by atoms with Gasteiger partial charge in [-0.15, -0.1) is 11.3 Å². The van der Waals surface area contributed by atoms with Crippen LogP contribution < -0.4 is 11.1 Å². The predicted molar refractivity (Wildman–Crippen MR) is 76.0 cm³/mol. The number of hydrogen-bond donors (Lipinski definition) is 3. The second-order valence-corrected chi connectivity index (χ2v) is 5.78. The van der Waals surface area contributed by atoms with E-state index in [1.807, 2.05) is 17.5 Å². The van der Waals surface area contributed by atoms with Gasteiger partial charge in [-0.3, -0.25) is 9.59 Å². The molecule has 2 heterocycles. The first-order valence-corrected chi connectivity index (χ1v) is 7.49. The van der Waals surface area contributed by atoms with Gasteiger partial charge in [0, 0.05) is 11.4 Å². The van der Waals surface area contributed by atoms with E-state index in [-0.39, 0.29) is 12.5 Å². The zero-order valence-corrected chi connectivity index (χ0v) is 11.9. The van der Waals surface area contributed by atoms with Gasteiger partial charge in [0.2, 0.25) is 5.91 Å². The number of rotatable bonds is 5. The number of likely N-dealkylation sites (tertiary alicyclic amines) is 1. The van der Waals surface area contributed by atoms with Gasteiger partial charge in [-0.1, -0.05) is 6.07 Å². The molecule has 0 bridgehead atoms. The lowest BCUT2D eigenvalue weighted by Crippen LogP contribution is -2.50. The molecule has 2 amide bonds. The minimum absolute atomic E-state index is 0.0972. The van der Waals surface area contributed by atoms with Crippen molar-refractivity contribution in [2.45, 2.75) is 31.5 Å². The van der Waals surface area contributed by atoms with Crippen molar-refractivity contribution in [3.63, 3.8) is 0 Å². The van der Waals surface area contributed by atoms with Crippen LogP contribution in [0.25, 0.3) is 0 Å². The summed E-state index contributed by atoms with van der Waals surface area (Å²) in [7, 11) is 0. The maximum absolute atomic E-state index is 12.0. The third-order valence-corrected chi connectivity index (χ3v) is 4.32. The number of aliphatic hydroxyl groups is 1. The van der Waals surface area contributed by atoms with Crippen LogP contribution >= 0.6 is 11.3 Å². The fraction of sp³-hybridized carbons (Fsp3) is 0.538. The van der Waals surface area contributed by atoms with E-state index in [0.29, 0.717) is 19.5 Å². The highest BCUT2D eigenvalue weighted by Gasteiger charge is 2.36. The van der Waals surface area contributed by atoms with Gasteiger partial charge in [-0.2, -0.15) is 0 Å². The minimum atomic E-state index is -1.20. The van der Waals surface area contributed by atoms with Crippen molar-refractivity contribution in [3.8, 4) is 0 Å². The van der Waals surface area contributed by atoms with Gasteiger partial charge in [0.25, 0.3) is 5.91 Å². The van der Waals surface area contributed by atoms with E-state index in [0.717, 1.165) is 11.3 Å². The van der Waals surface area contributed by atoms with E-state index in [1.54, 1.807) is 11.3 Å². The highest BCUT2D eigenvalue weighted by Crippen LogP contribution is 2.20. The summed E-state index contributed by atoms with van der Waals surface area (Å²) >= 11 is 1.54. The summed E-state index contributed by atoms with van der Waals surface area (Å²) < 4.78 is 0. The minimum Gasteiger partial charge on any atom is -0.381 e. The highest BCUT2D eigenvalue weighted by molar-refractivity contribution is 7.09. The number of nitrogens with one attached hydrogen (secondary N) is 1. The van der Waals surface area contributed by atoms with Crippen molar-refractivity contribution in [1.82, 2.24) is 10.2 Å². The molecule has 1 aliphatic heterocycles. The van der Waals surface area contributed by atoms with Crippen molar-refractivity contribution in [2.24, 2.45) is 5.73 Å². The maximum Gasteiger partial charge on any atom is 0.251 e. The number of thiophene rings is 1. The molecule has 0 spiro atoms. The van der Waals surface area contributed by atoms with E-state index in [9.17, 15) is 14.7 Å². The largest absolute Gasteiger partial charge is 0.381 e. The van der Waals surface area contributed by atoms with Gasteiger partial charge in [0.05, 0.1) is 19.1 Å². The smallest absolute Gasteiger partial charge is 0.251 e. The van der Waals surface area contributed by atoms with E-state index >= 15 is 0 Å².